The van der Waals surface area contributed by atoms with Crippen LogP contribution in [-0.4, -0.2) is 10.5 Å². The first-order chi connectivity index (χ1) is 7.93. The summed E-state index contributed by atoms with van der Waals surface area (Å²) in [6.07, 6.45) is 1.94. The van der Waals surface area contributed by atoms with Crippen LogP contribution in [0.25, 0.3) is 0 Å². The zero-order valence-electron chi connectivity index (χ0n) is 10.1. The van der Waals surface area contributed by atoms with Crippen LogP contribution in [0, 0.1) is 10.1 Å². The van der Waals surface area contributed by atoms with Gasteiger partial charge in [-0.2, -0.15) is 0 Å². The Labute approximate surface area is 106 Å². The van der Waals surface area contributed by atoms with Gasteiger partial charge in [-0.05, 0) is 25.3 Å². The molecule has 17 heavy (non-hydrogen) atoms. The van der Waals surface area contributed by atoms with Crippen LogP contribution in [0.15, 0.2) is 18.2 Å². The molecule has 4 nitrogen and oxygen atoms in total. The molecule has 0 heterocycles. The standard InChI is InChI=1S/C12H17ClN2O2/c1-3-12(14,4-2)8-9-10(13)6-5-7-11(9)15(16)17/h5-7H,3-4,8,14H2,1-2H3. The van der Waals surface area contributed by atoms with E-state index in [2.05, 4.69) is 0 Å². The summed E-state index contributed by atoms with van der Waals surface area (Å²) in [6.45, 7) is 3.96. The minimum atomic E-state index is -0.435. The number of benzene rings is 1. The van der Waals surface area contributed by atoms with Crippen LogP contribution in [0.1, 0.15) is 32.3 Å². The maximum atomic E-state index is 10.9. The Hall–Kier alpha value is -1.13. The van der Waals surface area contributed by atoms with Crippen LogP contribution in [0.5, 0.6) is 0 Å². The molecular weight excluding hydrogens is 240 g/mol. The van der Waals surface area contributed by atoms with Crippen molar-refractivity contribution in [2.24, 2.45) is 5.73 Å². The monoisotopic (exact) mass is 256 g/mol. The van der Waals surface area contributed by atoms with E-state index in [9.17, 15) is 10.1 Å². The molecule has 0 spiro atoms. The van der Waals surface area contributed by atoms with Crippen molar-refractivity contribution < 1.29 is 4.92 Å². The summed E-state index contributed by atoms with van der Waals surface area (Å²) >= 11 is 6.03. The highest BCUT2D eigenvalue weighted by Gasteiger charge is 2.27. The van der Waals surface area contributed by atoms with Crippen molar-refractivity contribution in [1.82, 2.24) is 0 Å². The summed E-state index contributed by atoms with van der Waals surface area (Å²) in [5.41, 5.74) is 6.33. The molecule has 0 saturated carbocycles. The zero-order valence-corrected chi connectivity index (χ0v) is 10.8. The molecule has 0 aliphatic rings. The normalized spacial score (nSPS) is 11.5. The second-order valence-corrected chi connectivity index (χ2v) is 4.65. The first kappa shape index (κ1) is 13.9. The fraction of sp³-hybridized carbons (Fsp3) is 0.500. The zero-order chi connectivity index (χ0) is 13.1. The van der Waals surface area contributed by atoms with E-state index >= 15 is 0 Å². The lowest BCUT2D eigenvalue weighted by atomic mass is 9.86. The molecule has 0 saturated heterocycles. The van der Waals surface area contributed by atoms with E-state index in [4.69, 9.17) is 17.3 Å². The maximum absolute atomic E-state index is 10.9. The number of nitro benzene ring substituents is 1. The van der Waals surface area contributed by atoms with E-state index in [0.717, 1.165) is 12.8 Å². The van der Waals surface area contributed by atoms with Crippen molar-refractivity contribution in [2.75, 3.05) is 0 Å². The van der Waals surface area contributed by atoms with Gasteiger partial charge in [0.15, 0.2) is 0 Å². The number of nitrogens with zero attached hydrogens (tertiary/aromatic N) is 1. The van der Waals surface area contributed by atoms with Crippen LogP contribution >= 0.6 is 11.6 Å². The van der Waals surface area contributed by atoms with Gasteiger partial charge in [-0.3, -0.25) is 10.1 Å². The second kappa shape index (κ2) is 5.47. The van der Waals surface area contributed by atoms with Crippen molar-refractivity contribution >= 4 is 17.3 Å². The Morgan fingerprint density at radius 1 is 1.41 bits per heavy atom. The highest BCUT2D eigenvalue weighted by molar-refractivity contribution is 6.31. The smallest absolute Gasteiger partial charge is 0.274 e. The summed E-state index contributed by atoms with van der Waals surface area (Å²) in [7, 11) is 0. The summed E-state index contributed by atoms with van der Waals surface area (Å²) < 4.78 is 0. The molecule has 94 valence electrons. The van der Waals surface area contributed by atoms with E-state index < -0.39 is 10.5 Å². The third-order valence-corrected chi connectivity index (χ3v) is 3.58. The number of rotatable bonds is 5. The van der Waals surface area contributed by atoms with Crippen molar-refractivity contribution in [3.63, 3.8) is 0 Å². The molecule has 2 N–H and O–H groups in total. The molecule has 0 amide bonds. The third-order valence-electron chi connectivity index (χ3n) is 3.23. The minimum absolute atomic E-state index is 0.0502. The molecule has 0 aliphatic heterocycles. The summed E-state index contributed by atoms with van der Waals surface area (Å²) in [6, 6.07) is 4.71. The van der Waals surface area contributed by atoms with Gasteiger partial charge in [0, 0.05) is 11.6 Å². The molecule has 0 fully saturated rings. The minimum Gasteiger partial charge on any atom is -0.325 e. The Balaban J connectivity index is 3.17. The van der Waals surface area contributed by atoms with Gasteiger partial charge in [0.05, 0.1) is 15.5 Å². The van der Waals surface area contributed by atoms with E-state index in [1.807, 2.05) is 13.8 Å². The molecule has 1 rings (SSSR count). The third kappa shape index (κ3) is 3.17. The maximum Gasteiger partial charge on any atom is 0.274 e. The highest BCUT2D eigenvalue weighted by Crippen LogP contribution is 2.31. The molecule has 5 heteroatoms. The molecule has 1 aromatic carbocycles. The Morgan fingerprint density at radius 2 is 2.00 bits per heavy atom. The van der Waals surface area contributed by atoms with Gasteiger partial charge in [-0.15, -0.1) is 0 Å². The Morgan fingerprint density at radius 3 is 2.47 bits per heavy atom. The lowest BCUT2D eigenvalue weighted by molar-refractivity contribution is -0.385. The number of hydrogen-bond donors (Lipinski definition) is 1. The van der Waals surface area contributed by atoms with Crippen LogP contribution in [0.2, 0.25) is 5.02 Å². The summed E-state index contributed by atoms with van der Waals surface area (Å²) in [5.74, 6) is 0. The summed E-state index contributed by atoms with van der Waals surface area (Å²) in [4.78, 5) is 10.5. The largest absolute Gasteiger partial charge is 0.325 e. The van der Waals surface area contributed by atoms with Crippen molar-refractivity contribution in [3.8, 4) is 0 Å². The van der Waals surface area contributed by atoms with E-state index in [1.165, 1.54) is 6.07 Å². The van der Waals surface area contributed by atoms with Crippen LogP contribution in [-0.2, 0) is 6.42 Å². The fourth-order valence-corrected chi connectivity index (χ4v) is 1.98. The predicted octanol–water partition coefficient (Wildman–Crippen LogP) is 3.31. The van der Waals surface area contributed by atoms with Gasteiger partial charge in [0.1, 0.15) is 0 Å². The first-order valence-corrected chi connectivity index (χ1v) is 6.02. The van der Waals surface area contributed by atoms with Crippen molar-refractivity contribution in [3.05, 3.63) is 38.9 Å². The van der Waals surface area contributed by atoms with E-state index in [-0.39, 0.29) is 5.69 Å². The molecule has 0 aromatic heterocycles. The first-order valence-electron chi connectivity index (χ1n) is 5.64. The molecule has 0 radical (unpaired) electrons. The fourth-order valence-electron chi connectivity index (χ4n) is 1.75. The van der Waals surface area contributed by atoms with Gasteiger partial charge in [-0.1, -0.05) is 31.5 Å². The SMILES string of the molecule is CCC(N)(CC)Cc1c(Cl)cccc1[N+](=O)[O-]. The quantitative estimate of drug-likeness (QED) is 0.649. The molecule has 0 aliphatic carbocycles. The lowest BCUT2D eigenvalue weighted by Gasteiger charge is -2.26. The van der Waals surface area contributed by atoms with E-state index in [1.54, 1.807) is 12.1 Å². The lowest BCUT2D eigenvalue weighted by Crippen LogP contribution is -2.40. The van der Waals surface area contributed by atoms with Gasteiger partial charge in [0.2, 0.25) is 0 Å². The average Bonchev–Trinajstić information content (AvgIpc) is 2.31. The van der Waals surface area contributed by atoms with E-state index in [0.29, 0.717) is 17.0 Å². The number of hydrogen-bond acceptors (Lipinski definition) is 3. The Kier molecular flexibility index (Phi) is 4.48. The number of nitrogens with two attached hydrogens (primary N) is 1. The topological polar surface area (TPSA) is 69.2 Å². The van der Waals surface area contributed by atoms with Crippen LogP contribution in [0.4, 0.5) is 5.69 Å². The van der Waals surface area contributed by atoms with Gasteiger partial charge in [0.25, 0.3) is 5.69 Å². The second-order valence-electron chi connectivity index (χ2n) is 4.24. The van der Waals surface area contributed by atoms with Crippen molar-refractivity contribution in [1.29, 1.82) is 0 Å². The Bertz CT molecular complexity index is 417. The number of halogens is 1. The van der Waals surface area contributed by atoms with Gasteiger partial charge < -0.3 is 5.73 Å². The van der Waals surface area contributed by atoms with Gasteiger partial charge in [-0.25, -0.2) is 0 Å². The molecule has 1 aromatic rings. The van der Waals surface area contributed by atoms with Crippen LogP contribution in [0.3, 0.4) is 0 Å². The predicted molar refractivity (Wildman–Crippen MR) is 69.3 cm³/mol. The molecular formula is C12H17ClN2O2. The summed E-state index contributed by atoms with van der Waals surface area (Å²) in [5, 5.41) is 11.4. The van der Waals surface area contributed by atoms with Gasteiger partial charge >= 0.3 is 0 Å². The van der Waals surface area contributed by atoms with Crippen molar-refractivity contribution in [2.45, 2.75) is 38.6 Å². The molecule has 0 atom stereocenters. The number of nitro groups is 1. The highest BCUT2D eigenvalue weighted by atomic mass is 35.5. The average molecular weight is 257 g/mol. The van der Waals surface area contributed by atoms with Crippen LogP contribution < -0.4 is 5.73 Å². The molecule has 0 unspecified atom stereocenters. The molecule has 0 bridgehead atoms.